The maximum Gasteiger partial charge on any atom is 0.284 e. The number of aryl methyl sites for hydroxylation is 1. The van der Waals surface area contributed by atoms with E-state index in [0.717, 1.165) is 39.5 Å². The Morgan fingerprint density at radius 3 is 2.52 bits per heavy atom. The number of thioether (sulfide) groups is 2. The SMILES string of the molecule is C=CCN1C(=O)/C(=C2\SC(C)=C(C)N2c2nccs2)S/C1=N/S(=O)(=O)c1ccc(CC)cc1. The predicted molar refractivity (Wildman–Crippen MR) is 138 cm³/mol. The lowest BCUT2D eigenvalue weighted by molar-refractivity contribution is -0.121. The minimum Gasteiger partial charge on any atom is -0.282 e. The summed E-state index contributed by atoms with van der Waals surface area (Å²) < 4.78 is 30.1. The molecule has 0 saturated carbocycles. The zero-order valence-electron chi connectivity index (χ0n) is 18.3. The van der Waals surface area contributed by atoms with Gasteiger partial charge in [0.05, 0.1) is 4.90 Å². The molecule has 1 saturated heterocycles. The number of aromatic nitrogens is 1. The van der Waals surface area contributed by atoms with E-state index in [1.807, 2.05) is 31.1 Å². The van der Waals surface area contributed by atoms with Crippen molar-refractivity contribution in [2.45, 2.75) is 32.1 Å². The topological polar surface area (TPSA) is 82.9 Å². The number of hydrogen-bond acceptors (Lipinski definition) is 8. The zero-order valence-corrected chi connectivity index (χ0v) is 21.6. The molecule has 0 aliphatic carbocycles. The van der Waals surface area contributed by atoms with Crippen LogP contribution in [-0.4, -0.2) is 35.9 Å². The number of rotatable bonds is 6. The number of amides is 1. The van der Waals surface area contributed by atoms with Crippen molar-refractivity contribution in [1.82, 2.24) is 9.88 Å². The Bertz CT molecular complexity index is 1290. The fourth-order valence-electron chi connectivity index (χ4n) is 3.22. The van der Waals surface area contributed by atoms with Gasteiger partial charge in [-0.25, -0.2) is 4.98 Å². The Balaban J connectivity index is 1.77. The van der Waals surface area contributed by atoms with E-state index in [1.165, 1.54) is 28.0 Å². The van der Waals surface area contributed by atoms with E-state index in [4.69, 9.17) is 0 Å². The molecule has 2 aliphatic heterocycles. The van der Waals surface area contributed by atoms with Gasteiger partial charge < -0.3 is 0 Å². The normalized spacial score (nSPS) is 20.5. The van der Waals surface area contributed by atoms with Gasteiger partial charge in [0.2, 0.25) is 0 Å². The number of carbonyl (C=O) groups excluding carboxylic acids is 1. The highest BCUT2D eigenvalue weighted by atomic mass is 32.2. The molecule has 3 heterocycles. The molecule has 11 heteroatoms. The summed E-state index contributed by atoms with van der Waals surface area (Å²) in [7, 11) is -3.99. The van der Waals surface area contributed by atoms with Crippen LogP contribution >= 0.6 is 34.9 Å². The average Bonchev–Trinajstić information content (AvgIpc) is 3.49. The zero-order chi connectivity index (χ0) is 23.8. The average molecular weight is 519 g/mol. The lowest BCUT2D eigenvalue weighted by Gasteiger charge is -2.19. The fraction of sp³-hybridized carbons (Fsp3) is 0.227. The van der Waals surface area contributed by atoms with Crippen LogP contribution in [0.2, 0.25) is 0 Å². The Labute approximate surface area is 206 Å². The van der Waals surface area contributed by atoms with Crippen LogP contribution in [0.4, 0.5) is 5.13 Å². The molecule has 1 amide bonds. The number of benzene rings is 1. The van der Waals surface area contributed by atoms with Gasteiger partial charge in [0, 0.05) is 28.7 Å². The van der Waals surface area contributed by atoms with Crippen LogP contribution in [0.5, 0.6) is 0 Å². The number of thiazole rings is 1. The largest absolute Gasteiger partial charge is 0.284 e. The van der Waals surface area contributed by atoms with Crippen molar-refractivity contribution >= 4 is 61.1 Å². The van der Waals surface area contributed by atoms with Gasteiger partial charge in [0.15, 0.2) is 10.3 Å². The molecular weight excluding hydrogens is 497 g/mol. The van der Waals surface area contributed by atoms with Gasteiger partial charge >= 0.3 is 0 Å². The van der Waals surface area contributed by atoms with E-state index in [9.17, 15) is 13.2 Å². The first-order valence-electron chi connectivity index (χ1n) is 10.1. The maximum atomic E-state index is 13.4. The molecule has 0 spiro atoms. The second-order valence-electron chi connectivity index (χ2n) is 7.18. The molecule has 172 valence electrons. The summed E-state index contributed by atoms with van der Waals surface area (Å²) >= 11 is 4.01. The Morgan fingerprint density at radius 1 is 1.18 bits per heavy atom. The minimum absolute atomic E-state index is 0.0907. The van der Waals surface area contributed by atoms with Gasteiger partial charge in [-0.3, -0.25) is 14.6 Å². The fourth-order valence-corrected chi connectivity index (χ4v) is 7.41. The van der Waals surface area contributed by atoms with Crippen molar-refractivity contribution in [2.24, 2.45) is 4.40 Å². The first-order chi connectivity index (χ1) is 15.8. The molecule has 0 N–H and O–H groups in total. The van der Waals surface area contributed by atoms with Crippen LogP contribution in [0.25, 0.3) is 0 Å². The molecule has 0 bridgehead atoms. The first kappa shape index (κ1) is 23.8. The summed E-state index contributed by atoms with van der Waals surface area (Å²) in [5, 5.41) is 3.44. The van der Waals surface area contributed by atoms with Crippen molar-refractivity contribution in [3.63, 3.8) is 0 Å². The van der Waals surface area contributed by atoms with Crippen LogP contribution < -0.4 is 4.90 Å². The van der Waals surface area contributed by atoms with Crippen LogP contribution in [0.1, 0.15) is 26.3 Å². The molecular formula is C22H22N4O3S4. The number of hydrogen-bond donors (Lipinski definition) is 0. The third-order valence-electron chi connectivity index (χ3n) is 5.11. The number of amidine groups is 1. The second-order valence-corrected chi connectivity index (χ2v) is 11.8. The second kappa shape index (κ2) is 9.49. The molecule has 2 aliphatic rings. The number of nitrogens with zero attached hydrogens (tertiary/aromatic N) is 4. The smallest absolute Gasteiger partial charge is 0.282 e. The molecule has 1 aromatic carbocycles. The van der Waals surface area contributed by atoms with Crippen molar-refractivity contribution < 1.29 is 13.2 Å². The third kappa shape index (κ3) is 4.54. The van der Waals surface area contributed by atoms with E-state index < -0.39 is 10.0 Å². The van der Waals surface area contributed by atoms with Gasteiger partial charge in [-0.15, -0.1) is 22.3 Å². The molecule has 7 nitrogen and oxygen atoms in total. The summed E-state index contributed by atoms with van der Waals surface area (Å²) in [6.45, 7) is 9.83. The summed E-state index contributed by atoms with van der Waals surface area (Å²) in [5.74, 6) is -0.304. The molecule has 4 rings (SSSR count). The molecule has 0 unspecified atom stereocenters. The number of anilines is 1. The van der Waals surface area contributed by atoms with Crippen LogP contribution in [0.3, 0.4) is 0 Å². The molecule has 33 heavy (non-hydrogen) atoms. The highest BCUT2D eigenvalue weighted by Crippen LogP contribution is 2.49. The van der Waals surface area contributed by atoms with E-state index in [2.05, 4.69) is 16.0 Å². The third-order valence-corrected chi connectivity index (χ3v) is 9.64. The highest BCUT2D eigenvalue weighted by molar-refractivity contribution is 8.20. The van der Waals surface area contributed by atoms with Crippen LogP contribution in [0, 0.1) is 0 Å². The van der Waals surface area contributed by atoms with Crippen LogP contribution in [-0.2, 0) is 21.2 Å². The minimum atomic E-state index is -3.99. The first-order valence-corrected chi connectivity index (χ1v) is 14.1. The lowest BCUT2D eigenvalue weighted by Crippen LogP contribution is -2.30. The van der Waals surface area contributed by atoms with Crippen LogP contribution in [0.15, 0.2) is 78.3 Å². The monoisotopic (exact) mass is 518 g/mol. The Hall–Kier alpha value is -2.34. The van der Waals surface area contributed by atoms with Gasteiger partial charge in [-0.05, 0) is 49.7 Å². The Morgan fingerprint density at radius 2 is 1.91 bits per heavy atom. The lowest BCUT2D eigenvalue weighted by atomic mass is 10.2. The maximum absolute atomic E-state index is 13.4. The van der Waals surface area contributed by atoms with E-state index in [1.54, 1.807) is 36.5 Å². The number of sulfonamides is 1. The molecule has 0 radical (unpaired) electrons. The van der Waals surface area contributed by atoms with E-state index >= 15 is 0 Å². The molecule has 1 fully saturated rings. The van der Waals surface area contributed by atoms with Crippen molar-refractivity contribution in [2.75, 3.05) is 11.4 Å². The summed E-state index contributed by atoms with van der Waals surface area (Å²) in [6.07, 6.45) is 4.08. The van der Waals surface area contributed by atoms with Gasteiger partial charge in [0.25, 0.3) is 15.9 Å². The molecule has 1 aromatic heterocycles. The predicted octanol–water partition coefficient (Wildman–Crippen LogP) is 5.19. The van der Waals surface area contributed by atoms with E-state index in [0.29, 0.717) is 9.93 Å². The van der Waals surface area contributed by atoms with Gasteiger partial charge in [0.1, 0.15) is 9.93 Å². The highest BCUT2D eigenvalue weighted by Gasteiger charge is 2.40. The van der Waals surface area contributed by atoms with Crippen molar-refractivity contribution in [3.05, 3.63) is 74.6 Å². The summed E-state index contributed by atoms with van der Waals surface area (Å²) in [5.41, 5.74) is 2.02. The van der Waals surface area contributed by atoms with Crippen molar-refractivity contribution in [1.29, 1.82) is 0 Å². The summed E-state index contributed by atoms with van der Waals surface area (Å²) in [6, 6.07) is 6.63. The van der Waals surface area contributed by atoms with Crippen molar-refractivity contribution in [3.8, 4) is 0 Å². The quantitative estimate of drug-likeness (QED) is 0.385. The van der Waals surface area contributed by atoms with E-state index in [-0.39, 0.29) is 22.5 Å². The summed E-state index contributed by atoms with van der Waals surface area (Å²) in [4.78, 5) is 22.6. The molecule has 2 aromatic rings. The van der Waals surface area contributed by atoms with Gasteiger partial charge in [-0.1, -0.05) is 36.9 Å². The molecule has 0 atom stereocenters. The van der Waals surface area contributed by atoms with Gasteiger partial charge in [-0.2, -0.15) is 8.42 Å². The standard InChI is InChI=1S/C22H22N4O3S4/c1-5-12-25-19(27)18(20-26(14(3)15(4)31-20)21-23-11-13-30-21)32-22(25)24-33(28,29)17-9-7-16(6-2)8-10-17/h5,7-11,13H,1,6,12H2,2-4H3/b20-18+,24-22+. The number of carbonyl (C=O) groups is 1. The Kier molecular flexibility index (Phi) is 6.85. The number of allylic oxidation sites excluding steroid dienone is 2.